The first kappa shape index (κ1) is 20.2. The molecule has 2 saturated heterocycles. The molecule has 2 unspecified atom stereocenters. The number of nitrogens with zero attached hydrogens (tertiary/aromatic N) is 2. The minimum Gasteiger partial charge on any atom is -0.493 e. The Morgan fingerprint density at radius 1 is 1.04 bits per heavy atom. The normalized spacial score (nSPS) is 22.6. The molecule has 0 spiro atoms. The van der Waals surface area contributed by atoms with Gasteiger partial charge in [-0.3, -0.25) is 9.59 Å². The highest BCUT2D eigenvalue weighted by atomic mass is 16.5. The SMILES string of the molecule is O=C(O)C1CCCCN1C(=O)C1CCCN(C(=O)CCOc2ccccc2)C1. The maximum absolute atomic E-state index is 12.9. The molecule has 2 fully saturated rings. The molecule has 0 aliphatic carbocycles. The maximum Gasteiger partial charge on any atom is 0.326 e. The summed E-state index contributed by atoms with van der Waals surface area (Å²) in [5, 5.41) is 9.41. The third-order valence-corrected chi connectivity index (χ3v) is 5.52. The number of amides is 2. The summed E-state index contributed by atoms with van der Waals surface area (Å²) in [6.07, 6.45) is 3.89. The lowest BCUT2D eigenvalue weighted by Gasteiger charge is -2.38. The number of rotatable bonds is 6. The Bertz CT molecular complexity index is 693. The fourth-order valence-electron chi connectivity index (χ4n) is 4.02. The molecule has 1 N–H and O–H groups in total. The minimum atomic E-state index is -0.935. The number of ether oxygens (including phenoxy) is 1. The lowest BCUT2D eigenvalue weighted by Crippen LogP contribution is -2.53. The van der Waals surface area contributed by atoms with Crippen molar-refractivity contribution >= 4 is 17.8 Å². The molecule has 2 aliphatic heterocycles. The van der Waals surface area contributed by atoms with E-state index in [9.17, 15) is 19.5 Å². The fraction of sp³-hybridized carbons (Fsp3) is 0.571. The third kappa shape index (κ3) is 5.03. The smallest absolute Gasteiger partial charge is 0.326 e. The first-order valence-corrected chi connectivity index (χ1v) is 10.0. The first-order chi connectivity index (χ1) is 13.6. The van der Waals surface area contributed by atoms with E-state index >= 15 is 0 Å². The lowest BCUT2D eigenvalue weighted by atomic mass is 9.93. The maximum atomic E-state index is 12.9. The van der Waals surface area contributed by atoms with Crippen molar-refractivity contribution in [2.45, 2.75) is 44.6 Å². The predicted molar refractivity (Wildman–Crippen MR) is 103 cm³/mol. The van der Waals surface area contributed by atoms with Gasteiger partial charge in [-0.1, -0.05) is 18.2 Å². The molecule has 2 amide bonds. The van der Waals surface area contributed by atoms with E-state index in [-0.39, 0.29) is 24.2 Å². The van der Waals surface area contributed by atoms with Crippen LogP contribution < -0.4 is 4.74 Å². The number of para-hydroxylation sites is 1. The average Bonchev–Trinajstić information content (AvgIpc) is 2.74. The summed E-state index contributed by atoms with van der Waals surface area (Å²) < 4.78 is 5.59. The second-order valence-corrected chi connectivity index (χ2v) is 7.47. The number of carbonyl (C=O) groups is 3. The second kappa shape index (κ2) is 9.57. The first-order valence-electron chi connectivity index (χ1n) is 10.0. The van der Waals surface area contributed by atoms with Crippen molar-refractivity contribution in [2.24, 2.45) is 5.92 Å². The zero-order valence-electron chi connectivity index (χ0n) is 16.1. The van der Waals surface area contributed by atoms with E-state index in [2.05, 4.69) is 0 Å². The van der Waals surface area contributed by atoms with Crippen LogP contribution in [-0.4, -0.2) is 65.0 Å². The van der Waals surface area contributed by atoms with Crippen molar-refractivity contribution < 1.29 is 24.2 Å². The summed E-state index contributed by atoms with van der Waals surface area (Å²) in [6, 6.07) is 8.62. The topological polar surface area (TPSA) is 87.2 Å². The van der Waals surface area contributed by atoms with Crippen molar-refractivity contribution in [1.29, 1.82) is 0 Å². The van der Waals surface area contributed by atoms with Crippen molar-refractivity contribution in [1.82, 2.24) is 9.80 Å². The van der Waals surface area contributed by atoms with Crippen LogP contribution in [0, 0.1) is 5.92 Å². The van der Waals surface area contributed by atoms with Gasteiger partial charge in [0, 0.05) is 19.6 Å². The number of carboxylic acid groups (broad SMARTS) is 1. The lowest BCUT2D eigenvalue weighted by molar-refractivity contribution is -0.155. The van der Waals surface area contributed by atoms with Crippen molar-refractivity contribution in [3.63, 3.8) is 0 Å². The highest BCUT2D eigenvalue weighted by Crippen LogP contribution is 2.25. The fourth-order valence-corrected chi connectivity index (χ4v) is 4.02. The van der Waals surface area contributed by atoms with Crippen molar-refractivity contribution in [3.8, 4) is 5.75 Å². The molecule has 0 bridgehead atoms. The molecule has 2 atom stereocenters. The van der Waals surface area contributed by atoms with Gasteiger partial charge in [-0.05, 0) is 44.2 Å². The summed E-state index contributed by atoms with van der Waals surface area (Å²) >= 11 is 0. The Hall–Kier alpha value is -2.57. The van der Waals surface area contributed by atoms with Gasteiger partial charge in [-0.2, -0.15) is 0 Å². The van der Waals surface area contributed by atoms with Crippen molar-refractivity contribution in [2.75, 3.05) is 26.2 Å². The average molecular weight is 388 g/mol. The van der Waals surface area contributed by atoms with Crippen LogP contribution in [0.2, 0.25) is 0 Å². The Labute approximate surface area is 165 Å². The molecule has 1 aromatic rings. The molecule has 3 rings (SSSR count). The van der Waals surface area contributed by atoms with Crippen LogP contribution in [0.5, 0.6) is 5.75 Å². The number of benzene rings is 1. The molecule has 7 heteroatoms. The number of piperidine rings is 2. The minimum absolute atomic E-state index is 0.0261. The van der Waals surface area contributed by atoms with Crippen LogP contribution in [0.1, 0.15) is 38.5 Å². The quantitative estimate of drug-likeness (QED) is 0.807. The second-order valence-electron chi connectivity index (χ2n) is 7.47. The summed E-state index contributed by atoms with van der Waals surface area (Å²) in [5.41, 5.74) is 0. The molecule has 7 nitrogen and oxygen atoms in total. The number of aliphatic carboxylic acids is 1. The molecule has 152 valence electrons. The summed E-state index contributed by atoms with van der Waals surface area (Å²) in [7, 11) is 0. The number of hydrogen-bond acceptors (Lipinski definition) is 4. The van der Waals surface area contributed by atoms with Crippen molar-refractivity contribution in [3.05, 3.63) is 30.3 Å². The summed E-state index contributed by atoms with van der Waals surface area (Å²) in [6.45, 7) is 1.79. The van der Waals surface area contributed by atoms with E-state index in [1.165, 1.54) is 4.90 Å². The summed E-state index contributed by atoms with van der Waals surface area (Å²) in [4.78, 5) is 40.2. The Morgan fingerprint density at radius 3 is 2.57 bits per heavy atom. The van der Waals surface area contributed by atoms with Gasteiger partial charge in [0.2, 0.25) is 11.8 Å². The molecule has 0 radical (unpaired) electrons. The van der Waals surface area contributed by atoms with E-state index in [0.29, 0.717) is 39.1 Å². The largest absolute Gasteiger partial charge is 0.493 e. The van der Waals surface area contributed by atoms with Gasteiger partial charge in [-0.25, -0.2) is 4.79 Å². The van der Waals surface area contributed by atoms with Crippen LogP contribution in [-0.2, 0) is 14.4 Å². The van der Waals surface area contributed by atoms with Crippen LogP contribution in [0.15, 0.2) is 30.3 Å². The zero-order chi connectivity index (χ0) is 19.9. The van der Waals surface area contributed by atoms with Crippen LogP contribution in [0.4, 0.5) is 0 Å². The molecular weight excluding hydrogens is 360 g/mol. The van der Waals surface area contributed by atoms with Crippen LogP contribution in [0.3, 0.4) is 0 Å². The molecular formula is C21H28N2O5. The van der Waals surface area contributed by atoms with Gasteiger partial charge >= 0.3 is 5.97 Å². The number of likely N-dealkylation sites (tertiary alicyclic amines) is 2. The van der Waals surface area contributed by atoms with E-state index in [1.807, 2.05) is 30.3 Å². The Kier molecular flexibility index (Phi) is 6.90. The van der Waals surface area contributed by atoms with Crippen LogP contribution >= 0.6 is 0 Å². The van der Waals surface area contributed by atoms with Gasteiger partial charge in [0.05, 0.1) is 18.9 Å². The zero-order valence-corrected chi connectivity index (χ0v) is 16.1. The number of carboxylic acids is 1. The molecule has 2 heterocycles. The van der Waals surface area contributed by atoms with E-state index < -0.39 is 12.0 Å². The summed E-state index contributed by atoms with van der Waals surface area (Å²) in [5.74, 6) is -0.665. The predicted octanol–water partition coefficient (Wildman–Crippen LogP) is 2.16. The number of carbonyl (C=O) groups excluding carboxylic acids is 2. The Balaban J connectivity index is 1.52. The molecule has 2 aliphatic rings. The molecule has 28 heavy (non-hydrogen) atoms. The van der Waals surface area contributed by atoms with E-state index in [4.69, 9.17) is 4.74 Å². The molecule has 0 aromatic heterocycles. The van der Waals surface area contributed by atoms with Crippen LogP contribution in [0.25, 0.3) is 0 Å². The van der Waals surface area contributed by atoms with Gasteiger partial charge in [0.15, 0.2) is 0 Å². The standard InChI is InChI=1S/C21H28N2O5/c24-19(11-14-28-17-8-2-1-3-9-17)22-12-6-7-16(15-22)20(25)23-13-5-4-10-18(23)21(26)27/h1-3,8-9,16,18H,4-7,10-15H2,(H,26,27). The van der Waals surface area contributed by atoms with Gasteiger partial charge in [-0.15, -0.1) is 0 Å². The monoisotopic (exact) mass is 388 g/mol. The number of hydrogen-bond donors (Lipinski definition) is 1. The van der Waals surface area contributed by atoms with Gasteiger partial charge < -0.3 is 19.6 Å². The third-order valence-electron chi connectivity index (χ3n) is 5.52. The van der Waals surface area contributed by atoms with E-state index in [0.717, 1.165) is 25.0 Å². The van der Waals surface area contributed by atoms with Gasteiger partial charge in [0.1, 0.15) is 11.8 Å². The highest BCUT2D eigenvalue weighted by Gasteiger charge is 2.37. The molecule has 1 aromatic carbocycles. The highest BCUT2D eigenvalue weighted by molar-refractivity contribution is 5.86. The Morgan fingerprint density at radius 2 is 1.82 bits per heavy atom. The van der Waals surface area contributed by atoms with Gasteiger partial charge in [0.25, 0.3) is 0 Å². The van der Waals surface area contributed by atoms with E-state index in [1.54, 1.807) is 4.90 Å². The molecule has 0 saturated carbocycles.